The van der Waals surface area contributed by atoms with Gasteiger partial charge in [-0.1, -0.05) is 64.7 Å². The molecule has 20 heavy (non-hydrogen) atoms. The van der Waals surface area contributed by atoms with Crippen molar-refractivity contribution < 1.29 is 17.5 Å². The fraction of sp³-hybridized carbons (Fsp3) is 1.00. The quantitative estimate of drug-likeness (QED) is 0.418. The Morgan fingerprint density at radius 3 is 1.45 bits per heavy atom. The fourth-order valence-electron chi connectivity index (χ4n) is 1.89. The molecular formula is C14H33NO4S. The highest BCUT2D eigenvalue weighted by atomic mass is 32.3. The van der Waals surface area contributed by atoms with E-state index < -0.39 is 10.4 Å². The van der Waals surface area contributed by atoms with Crippen LogP contribution in [0.1, 0.15) is 85.0 Å². The number of nitrogens with two attached hydrogens (primary N) is 1. The van der Waals surface area contributed by atoms with Gasteiger partial charge in [0.25, 0.3) is 0 Å². The predicted octanol–water partition coefficient (Wildman–Crippen LogP) is 3.99. The van der Waals surface area contributed by atoms with Crippen LogP contribution in [0.2, 0.25) is 0 Å². The third-order valence-electron chi connectivity index (χ3n) is 2.92. The van der Waals surface area contributed by atoms with E-state index in [1.54, 1.807) is 0 Å². The van der Waals surface area contributed by atoms with Gasteiger partial charge in [0, 0.05) is 5.54 Å². The molecule has 0 radical (unpaired) electrons. The summed E-state index contributed by atoms with van der Waals surface area (Å²) in [5.41, 5.74) is 5.97. The Kier molecular flexibility index (Phi) is 13.9. The zero-order chi connectivity index (χ0) is 16.1. The van der Waals surface area contributed by atoms with E-state index in [1.807, 2.05) is 0 Å². The SMILES string of the molecule is CCCCCCCCCCCC(C)(C)N.O=S(=O)(O)O. The lowest BCUT2D eigenvalue weighted by molar-refractivity contribution is 0.381. The minimum Gasteiger partial charge on any atom is -0.326 e. The number of hydrogen-bond acceptors (Lipinski definition) is 3. The first-order valence-corrected chi connectivity index (χ1v) is 8.94. The Hall–Kier alpha value is -0.170. The van der Waals surface area contributed by atoms with Crippen molar-refractivity contribution in [3.05, 3.63) is 0 Å². The molecule has 0 aliphatic carbocycles. The molecule has 0 aromatic carbocycles. The largest absolute Gasteiger partial charge is 0.394 e. The molecule has 0 saturated carbocycles. The highest BCUT2D eigenvalue weighted by molar-refractivity contribution is 7.79. The van der Waals surface area contributed by atoms with Gasteiger partial charge in [-0.15, -0.1) is 0 Å². The zero-order valence-corrected chi connectivity index (χ0v) is 14.1. The summed E-state index contributed by atoms with van der Waals surface area (Å²) in [4.78, 5) is 0. The molecule has 0 fully saturated rings. The van der Waals surface area contributed by atoms with E-state index in [2.05, 4.69) is 20.8 Å². The van der Waals surface area contributed by atoms with Crippen LogP contribution in [0.15, 0.2) is 0 Å². The van der Waals surface area contributed by atoms with Gasteiger partial charge in [0.15, 0.2) is 0 Å². The lowest BCUT2D eigenvalue weighted by atomic mass is 9.97. The van der Waals surface area contributed by atoms with E-state index in [1.165, 1.54) is 64.2 Å². The second kappa shape index (κ2) is 12.6. The normalized spacial score (nSPS) is 11.9. The van der Waals surface area contributed by atoms with Crippen LogP contribution in [0.3, 0.4) is 0 Å². The van der Waals surface area contributed by atoms with E-state index >= 15 is 0 Å². The molecule has 124 valence electrons. The van der Waals surface area contributed by atoms with Gasteiger partial charge in [-0.3, -0.25) is 9.11 Å². The van der Waals surface area contributed by atoms with Gasteiger partial charge in [-0.2, -0.15) is 8.42 Å². The van der Waals surface area contributed by atoms with Crippen LogP contribution in [0.4, 0.5) is 0 Å². The van der Waals surface area contributed by atoms with Crippen LogP contribution < -0.4 is 5.73 Å². The molecule has 0 aliphatic rings. The van der Waals surface area contributed by atoms with Gasteiger partial charge in [-0.25, -0.2) is 0 Å². The molecule has 0 rings (SSSR count). The monoisotopic (exact) mass is 311 g/mol. The lowest BCUT2D eigenvalue weighted by Crippen LogP contribution is -2.31. The second-order valence-corrected chi connectivity index (χ2v) is 6.91. The maximum atomic E-state index is 8.74. The van der Waals surface area contributed by atoms with Crippen molar-refractivity contribution in [2.75, 3.05) is 0 Å². The maximum Gasteiger partial charge on any atom is 0.394 e. The Balaban J connectivity index is 0. The molecule has 0 saturated heterocycles. The van der Waals surface area contributed by atoms with Crippen molar-refractivity contribution in [2.24, 2.45) is 5.73 Å². The van der Waals surface area contributed by atoms with Crippen molar-refractivity contribution in [1.82, 2.24) is 0 Å². The third kappa shape index (κ3) is 36.1. The predicted molar refractivity (Wildman–Crippen MR) is 84.3 cm³/mol. The van der Waals surface area contributed by atoms with Crippen LogP contribution in [0.25, 0.3) is 0 Å². The Morgan fingerprint density at radius 1 is 0.850 bits per heavy atom. The Morgan fingerprint density at radius 2 is 1.15 bits per heavy atom. The van der Waals surface area contributed by atoms with Gasteiger partial charge in [0.05, 0.1) is 0 Å². The third-order valence-corrected chi connectivity index (χ3v) is 2.92. The first-order chi connectivity index (χ1) is 9.06. The minimum atomic E-state index is -4.67. The molecule has 0 unspecified atom stereocenters. The first-order valence-electron chi connectivity index (χ1n) is 7.55. The molecule has 0 bridgehead atoms. The average Bonchev–Trinajstić information content (AvgIpc) is 2.23. The van der Waals surface area contributed by atoms with Crippen LogP contribution in [0.5, 0.6) is 0 Å². The summed E-state index contributed by atoms with van der Waals surface area (Å²) in [5, 5.41) is 0. The first kappa shape index (κ1) is 22.1. The van der Waals surface area contributed by atoms with E-state index in [-0.39, 0.29) is 5.54 Å². The van der Waals surface area contributed by atoms with Crippen LogP contribution in [-0.4, -0.2) is 23.1 Å². The van der Waals surface area contributed by atoms with Crippen molar-refractivity contribution >= 4 is 10.4 Å². The highest BCUT2D eigenvalue weighted by Crippen LogP contribution is 2.13. The molecule has 4 N–H and O–H groups in total. The van der Waals surface area contributed by atoms with Crippen LogP contribution >= 0.6 is 0 Å². The van der Waals surface area contributed by atoms with Gasteiger partial charge in [0.2, 0.25) is 0 Å². The summed E-state index contributed by atoms with van der Waals surface area (Å²) >= 11 is 0. The molecule has 0 aromatic rings. The summed E-state index contributed by atoms with van der Waals surface area (Å²) in [6.07, 6.45) is 13.8. The Labute approximate surface area is 124 Å². The fourth-order valence-corrected chi connectivity index (χ4v) is 1.89. The number of unbranched alkanes of at least 4 members (excludes halogenated alkanes) is 8. The number of hydrogen-bond donors (Lipinski definition) is 3. The molecule has 0 amide bonds. The molecule has 0 spiro atoms. The Bertz CT molecular complexity index is 289. The van der Waals surface area contributed by atoms with Crippen molar-refractivity contribution in [1.29, 1.82) is 0 Å². The summed E-state index contributed by atoms with van der Waals surface area (Å²) in [7, 11) is -4.67. The maximum absolute atomic E-state index is 8.74. The molecule has 0 heterocycles. The van der Waals surface area contributed by atoms with Crippen LogP contribution in [-0.2, 0) is 10.4 Å². The lowest BCUT2D eigenvalue weighted by Gasteiger charge is -2.17. The standard InChI is InChI=1S/C14H31N.H2O4S/c1-4-5-6-7-8-9-10-11-12-13-14(2,3)15;1-5(2,3)4/h4-13,15H2,1-3H3;(H2,1,2,3,4). The van der Waals surface area contributed by atoms with Gasteiger partial charge < -0.3 is 5.73 Å². The topological polar surface area (TPSA) is 101 Å². The number of rotatable bonds is 10. The summed E-state index contributed by atoms with van der Waals surface area (Å²) in [6, 6.07) is 0. The molecule has 0 aliphatic heterocycles. The molecular weight excluding hydrogens is 278 g/mol. The zero-order valence-electron chi connectivity index (χ0n) is 13.3. The molecule has 0 atom stereocenters. The summed E-state index contributed by atoms with van der Waals surface area (Å²) in [5.74, 6) is 0. The van der Waals surface area contributed by atoms with Gasteiger partial charge >= 0.3 is 10.4 Å². The van der Waals surface area contributed by atoms with E-state index in [9.17, 15) is 0 Å². The average molecular weight is 311 g/mol. The van der Waals surface area contributed by atoms with Crippen molar-refractivity contribution in [3.8, 4) is 0 Å². The highest BCUT2D eigenvalue weighted by Gasteiger charge is 2.08. The van der Waals surface area contributed by atoms with Crippen LogP contribution in [0, 0.1) is 0 Å². The summed E-state index contributed by atoms with van der Waals surface area (Å²) < 4.78 is 31.6. The van der Waals surface area contributed by atoms with E-state index in [4.69, 9.17) is 23.3 Å². The molecule has 6 heteroatoms. The van der Waals surface area contributed by atoms with Gasteiger partial charge in [0.1, 0.15) is 0 Å². The minimum absolute atomic E-state index is 0.0428. The smallest absolute Gasteiger partial charge is 0.326 e. The summed E-state index contributed by atoms with van der Waals surface area (Å²) in [6.45, 7) is 6.52. The van der Waals surface area contributed by atoms with Gasteiger partial charge in [-0.05, 0) is 20.3 Å². The van der Waals surface area contributed by atoms with Crippen molar-refractivity contribution in [3.63, 3.8) is 0 Å². The van der Waals surface area contributed by atoms with E-state index in [0.29, 0.717) is 0 Å². The van der Waals surface area contributed by atoms with Crippen molar-refractivity contribution in [2.45, 2.75) is 90.5 Å². The molecule has 0 aromatic heterocycles. The van der Waals surface area contributed by atoms with E-state index in [0.717, 1.165) is 0 Å². The second-order valence-electron chi connectivity index (χ2n) is 6.01. The molecule has 5 nitrogen and oxygen atoms in total.